The molecule has 0 radical (unpaired) electrons. The van der Waals surface area contributed by atoms with Crippen molar-refractivity contribution < 1.29 is 9.53 Å². The number of methoxy groups -OCH3 is 1. The van der Waals surface area contributed by atoms with E-state index in [-0.39, 0.29) is 5.97 Å². The summed E-state index contributed by atoms with van der Waals surface area (Å²) in [4.78, 5) is 15.9. The molecule has 0 spiro atoms. The van der Waals surface area contributed by atoms with Gasteiger partial charge in [-0.05, 0) is 30.7 Å². The van der Waals surface area contributed by atoms with Crippen molar-refractivity contribution in [1.29, 1.82) is 0 Å². The molecule has 86 valence electrons. The van der Waals surface area contributed by atoms with Gasteiger partial charge in [-0.25, -0.2) is 4.79 Å². The van der Waals surface area contributed by atoms with Gasteiger partial charge in [0.2, 0.25) is 0 Å². The van der Waals surface area contributed by atoms with Crippen molar-refractivity contribution in [3.63, 3.8) is 0 Å². The summed E-state index contributed by atoms with van der Waals surface area (Å²) in [6, 6.07) is 7.40. The van der Waals surface area contributed by atoms with Crippen LogP contribution < -0.4 is 0 Å². The van der Waals surface area contributed by atoms with Crippen LogP contribution in [-0.4, -0.2) is 18.1 Å². The summed E-state index contributed by atoms with van der Waals surface area (Å²) in [6.07, 6.45) is 1.61. The number of rotatable bonds is 2. The second-order valence-corrected chi connectivity index (χ2v) is 3.86. The van der Waals surface area contributed by atoms with Crippen LogP contribution in [0.2, 0.25) is 0 Å². The standard InChI is InChI=1S/C14H13NO2/c1-9(2)10-4-5-13-12(8-10)11(6-7-15-13)14(16)17-3/h4-8H,1H2,2-3H3. The van der Waals surface area contributed by atoms with Gasteiger partial charge in [-0.1, -0.05) is 18.2 Å². The molecule has 1 aromatic carbocycles. The van der Waals surface area contributed by atoms with Crippen LogP contribution in [0.25, 0.3) is 16.5 Å². The summed E-state index contributed by atoms with van der Waals surface area (Å²) in [5.41, 5.74) is 3.25. The number of benzene rings is 1. The van der Waals surface area contributed by atoms with Gasteiger partial charge in [0.15, 0.2) is 0 Å². The maximum absolute atomic E-state index is 11.6. The molecule has 2 rings (SSSR count). The molecule has 2 aromatic rings. The van der Waals surface area contributed by atoms with Gasteiger partial charge < -0.3 is 4.74 Å². The van der Waals surface area contributed by atoms with Gasteiger partial charge in [-0.3, -0.25) is 4.98 Å². The first-order valence-electron chi connectivity index (χ1n) is 5.26. The number of ether oxygens (including phenoxy) is 1. The Morgan fingerprint density at radius 1 is 1.35 bits per heavy atom. The van der Waals surface area contributed by atoms with Gasteiger partial charge in [0.05, 0.1) is 18.2 Å². The predicted octanol–water partition coefficient (Wildman–Crippen LogP) is 3.05. The Labute approximate surface area is 99.7 Å². The van der Waals surface area contributed by atoms with Gasteiger partial charge in [0.1, 0.15) is 0 Å². The van der Waals surface area contributed by atoms with Crippen molar-refractivity contribution in [3.05, 3.63) is 48.2 Å². The molecule has 0 fully saturated rings. The van der Waals surface area contributed by atoms with Crippen molar-refractivity contribution in [2.45, 2.75) is 6.92 Å². The van der Waals surface area contributed by atoms with Crippen molar-refractivity contribution in [2.24, 2.45) is 0 Å². The SMILES string of the molecule is C=C(C)c1ccc2nccc(C(=O)OC)c2c1. The first-order valence-corrected chi connectivity index (χ1v) is 5.26. The molecule has 0 N–H and O–H groups in total. The third kappa shape index (κ3) is 2.04. The van der Waals surface area contributed by atoms with Gasteiger partial charge in [0.25, 0.3) is 0 Å². The zero-order chi connectivity index (χ0) is 12.4. The quantitative estimate of drug-likeness (QED) is 0.740. The first-order chi connectivity index (χ1) is 8.13. The molecule has 17 heavy (non-hydrogen) atoms. The minimum atomic E-state index is -0.351. The van der Waals surface area contributed by atoms with Crippen LogP contribution in [0.1, 0.15) is 22.8 Å². The van der Waals surface area contributed by atoms with Crippen LogP contribution >= 0.6 is 0 Å². The summed E-state index contributed by atoms with van der Waals surface area (Å²) >= 11 is 0. The minimum Gasteiger partial charge on any atom is -0.465 e. The predicted molar refractivity (Wildman–Crippen MR) is 67.8 cm³/mol. The van der Waals surface area contributed by atoms with Gasteiger partial charge in [-0.2, -0.15) is 0 Å². The fraction of sp³-hybridized carbons (Fsp3) is 0.143. The maximum atomic E-state index is 11.6. The smallest absolute Gasteiger partial charge is 0.338 e. The summed E-state index contributed by atoms with van der Waals surface area (Å²) in [7, 11) is 1.37. The van der Waals surface area contributed by atoms with Crippen LogP contribution in [0.15, 0.2) is 37.0 Å². The number of hydrogen-bond acceptors (Lipinski definition) is 3. The molecule has 0 saturated carbocycles. The molecule has 1 aromatic heterocycles. The lowest BCUT2D eigenvalue weighted by Gasteiger charge is -2.06. The van der Waals surface area contributed by atoms with Crippen LogP contribution in [0.3, 0.4) is 0 Å². The van der Waals surface area contributed by atoms with E-state index in [1.165, 1.54) is 7.11 Å². The number of fused-ring (bicyclic) bond motifs is 1. The lowest BCUT2D eigenvalue weighted by Crippen LogP contribution is -2.02. The largest absolute Gasteiger partial charge is 0.465 e. The number of carbonyl (C=O) groups excluding carboxylic acids is 1. The van der Waals surface area contributed by atoms with E-state index in [0.29, 0.717) is 5.56 Å². The molecule has 0 amide bonds. The number of aromatic nitrogens is 1. The van der Waals surface area contributed by atoms with Gasteiger partial charge in [0, 0.05) is 11.6 Å². The molecular weight excluding hydrogens is 214 g/mol. The fourth-order valence-corrected chi connectivity index (χ4v) is 1.70. The van der Waals surface area contributed by atoms with E-state index in [1.807, 2.05) is 25.1 Å². The Morgan fingerprint density at radius 2 is 2.12 bits per heavy atom. The number of carbonyl (C=O) groups is 1. The van der Waals surface area contributed by atoms with E-state index in [9.17, 15) is 4.79 Å². The summed E-state index contributed by atoms with van der Waals surface area (Å²) < 4.78 is 4.76. The Balaban J connectivity index is 2.72. The number of pyridine rings is 1. The lowest BCUT2D eigenvalue weighted by atomic mass is 10.0. The van der Waals surface area contributed by atoms with E-state index < -0.39 is 0 Å². The average Bonchev–Trinajstić information content (AvgIpc) is 2.36. The molecule has 3 nitrogen and oxygen atoms in total. The monoisotopic (exact) mass is 227 g/mol. The van der Waals surface area contributed by atoms with Crippen molar-refractivity contribution in [3.8, 4) is 0 Å². The molecule has 0 atom stereocenters. The maximum Gasteiger partial charge on any atom is 0.338 e. The van der Waals surface area contributed by atoms with E-state index in [2.05, 4.69) is 11.6 Å². The highest BCUT2D eigenvalue weighted by atomic mass is 16.5. The highest BCUT2D eigenvalue weighted by molar-refractivity contribution is 6.03. The normalized spacial score (nSPS) is 10.2. The Hall–Kier alpha value is -2.16. The Kier molecular flexibility index (Phi) is 2.91. The average molecular weight is 227 g/mol. The first kappa shape index (κ1) is 11.3. The Morgan fingerprint density at radius 3 is 2.76 bits per heavy atom. The highest BCUT2D eigenvalue weighted by Crippen LogP contribution is 2.22. The number of nitrogens with zero attached hydrogens (tertiary/aromatic N) is 1. The molecule has 0 unspecified atom stereocenters. The van der Waals surface area contributed by atoms with Crippen LogP contribution in [-0.2, 0) is 4.74 Å². The lowest BCUT2D eigenvalue weighted by molar-refractivity contribution is 0.0603. The second kappa shape index (κ2) is 4.37. The highest BCUT2D eigenvalue weighted by Gasteiger charge is 2.11. The van der Waals surface area contributed by atoms with Crippen LogP contribution in [0.5, 0.6) is 0 Å². The Bertz CT molecular complexity index is 602. The third-order valence-electron chi connectivity index (χ3n) is 2.64. The molecule has 0 aliphatic rings. The zero-order valence-corrected chi connectivity index (χ0v) is 9.86. The van der Waals surface area contributed by atoms with Crippen molar-refractivity contribution >= 4 is 22.4 Å². The molecule has 0 aliphatic heterocycles. The van der Waals surface area contributed by atoms with Crippen LogP contribution in [0.4, 0.5) is 0 Å². The molecule has 0 saturated heterocycles. The fourth-order valence-electron chi connectivity index (χ4n) is 1.70. The van der Waals surface area contributed by atoms with E-state index in [0.717, 1.165) is 22.0 Å². The molecule has 0 bridgehead atoms. The van der Waals surface area contributed by atoms with E-state index in [1.54, 1.807) is 12.3 Å². The minimum absolute atomic E-state index is 0.351. The van der Waals surface area contributed by atoms with E-state index >= 15 is 0 Å². The second-order valence-electron chi connectivity index (χ2n) is 3.86. The topological polar surface area (TPSA) is 39.2 Å². The molecular formula is C14H13NO2. The summed E-state index contributed by atoms with van der Waals surface area (Å²) in [5, 5.41) is 0.792. The number of allylic oxidation sites excluding steroid dienone is 1. The molecule has 1 heterocycles. The summed E-state index contributed by atoms with van der Waals surface area (Å²) in [6.45, 7) is 5.82. The van der Waals surface area contributed by atoms with E-state index in [4.69, 9.17) is 4.74 Å². The molecule has 0 aliphatic carbocycles. The van der Waals surface area contributed by atoms with Crippen molar-refractivity contribution in [2.75, 3.05) is 7.11 Å². The van der Waals surface area contributed by atoms with Crippen molar-refractivity contribution in [1.82, 2.24) is 4.98 Å². The van der Waals surface area contributed by atoms with Gasteiger partial charge >= 0.3 is 5.97 Å². The van der Waals surface area contributed by atoms with Crippen LogP contribution in [0, 0.1) is 0 Å². The van der Waals surface area contributed by atoms with Gasteiger partial charge in [-0.15, -0.1) is 0 Å². The summed E-state index contributed by atoms with van der Waals surface area (Å²) in [5.74, 6) is -0.351. The number of esters is 1. The number of hydrogen-bond donors (Lipinski definition) is 0. The third-order valence-corrected chi connectivity index (χ3v) is 2.64. The zero-order valence-electron chi connectivity index (χ0n) is 9.86. The molecule has 3 heteroatoms.